The van der Waals surface area contributed by atoms with Crippen LogP contribution in [-0.4, -0.2) is 43.2 Å². The maximum absolute atomic E-state index is 12.8. The van der Waals surface area contributed by atoms with Crippen LogP contribution in [0.15, 0.2) is 29.1 Å². The van der Waals surface area contributed by atoms with E-state index in [1.165, 1.54) is 0 Å². The van der Waals surface area contributed by atoms with Crippen LogP contribution in [0.25, 0.3) is 0 Å². The van der Waals surface area contributed by atoms with Gasteiger partial charge in [0.2, 0.25) is 0 Å². The van der Waals surface area contributed by atoms with Gasteiger partial charge in [-0.15, -0.1) is 0 Å². The largest absolute Gasteiger partial charge is 0.381 e. The number of nitrogens with one attached hydrogen (secondary N) is 2. The van der Waals surface area contributed by atoms with E-state index < -0.39 is 0 Å². The van der Waals surface area contributed by atoms with E-state index >= 15 is 0 Å². The maximum atomic E-state index is 12.8. The van der Waals surface area contributed by atoms with Crippen molar-refractivity contribution in [1.29, 1.82) is 0 Å². The van der Waals surface area contributed by atoms with Crippen LogP contribution in [0, 0.1) is 13.8 Å². The molecule has 1 saturated heterocycles. The van der Waals surface area contributed by atoms with Crippen molar-refractivity contribution in [2.45, 2.75) is 52.5 Å². The van der Waals surface area contributed by atoms with E-state index in [-0.39, 0.29) is 11.5 Å². The number of carbonyl (C=O) groups is 1. The summed E-state index contributed by atoms with van der Waals surface area (Å²) in [6.07, 6.45) is 3.43. The molecule has 1 amide bonds. The lowest BCUT2D eigenvalue weighted by Crippen LogP contribution is -2.40. The first-order chi connectivity index (χ1) is 14.9. The molecule has 2 aromatic rings. The average Bonchev–Trinajstić information content (AvgIpc) is 2.73. The van der Waals surface area contributed by atoms with E-state index in [0.717, 1.165) is 56.0 Å². The highest BCUT2D eigenvalue weighted by Gasteiger charge is 2.22. The fourth-order valence-electron chi connectivity index (χ4n) is 4.23. The molecule has 31 heavy (non-hydrogen) atoms. The van der Waals surface area contributed by atoms with Gasteiger partial charge in [-0.25, -0.2) is 0 Å². The van der Waals surface area contributed by atoms with Crippen molar-refractivity contribution in [3.8, 4) is 0 Å². The number of rotatable bonds is 8. The fraction of sp³-hybridized carbons (Fsp3) is 0.500. The summed E-state index contributed by atoms with van der Waals surface area (Å²) >= 11 is 6.39. The van der Waals surface area contributed by atoms with Gasteiger partial charge in [0.1, 0.15) is 0 Å². The fourth-order valence-corrected chi connectivity index (χ4v) is 4.46. The monoisotopic (exact) mass is 445 g/mol. The number of pyridine rings is 1. The number of hydrogen-bond donors (Lipinski definition) is 2. The van der Waals surface area contributed by atoms with Crippen LogP contribution in [0.5, 0.6) is 0 Å². The van der Waals surface area contributed by atoms with Gasteiger partial charge in [-0.05, 0) is 69.4 Å². The van der Waals surface area contributed by atoms with Crippen LogP contribution in [0.2, 0.25) is 5.02 Å². The minimum absolute atomic E-state index is 0.0940. The summed E-state index contributed by atoms with van der Waals surface area (Å²) in [5, 5.41) is 3.48. The minimum atomic E-state index is -0.187. The number of benzene rings is 1. The third-order valence-corrected chi connectivity index (χ3v) is 5.95. The molecule has 1 aromatic carbocycles. The number of ether oxygens (including phenoxy) is 1. The highest BCUT2D eigenvalue weighted by molar-refractivity contribution is 6.31. The van der Waals surface area contributed by atoms with E-state index in [1.54, 1.807) is 6.07 Å². The van der Waals surface area contributed by atoms with Gasteiger partial charge in [0.05, 0.1) is 0 Å². The van der Waals surface area contributed by atoms with Crippen molar-refractivity contribution in [2.24, 2.45) is 0 Å². The van der Waals surface area contributed by atoms with Crippen LogP contribution in [0.4, 0.5) is 5.69 Å². The normalized spacial score (nSPS) is 14.5. The molecule has 7 heteroatoms. The average molecular weight is 446 g/mol. The zero-order valence-corrected chi connectivity index (χ0v) is 19.3. The Morgan fingerprint density at radius 2 is 1.97 bits per heavy atom. The molecule has 1 aliphatic heterocycles. The molecule has 0 atom stereocenters. The van der Waals surface area contributed by atoms with E-state index in [9.17, 15) is 9.59 Å². The Balaban J connectivity index is 1.71. The highest BCUT2D eigenvalue weighted by Crippen LogP contribution is 2.27. The molecule has 0 saturated carbocycles. The number of aryl methyl sites for hydroxylation is 2. The first-order valence-electron chi connectivity index (χ1n) is 11.0. The Bertz CT molecular complexity index is 967. The molecule has 0 aliphatic carbocycles. The number of carbonyl (C=O) groups excluding carboxylic acids is 1. The smallest absolute Gasteiger partial charge is 0.251 e. The van der Waals surface area contributed by atoms with E-state index in [2.05, 4.69) is 22.1 Å². The van der Waals surface area contributed by atoms with E-state index in [4.69, 9.17) is 16.3 Å². The number of aromatic amines is 1. The van der Waals surface area contributed by atoms with Crippen molar-refractivity contribution in [1.82, 2.24) is 10.3 Å². The summed E-state index contributed by atoms with van der Waals surface area (Å²) < 4.78 is 5.51. The summed E-state index contributed by atoms with van der Waals surface area (Å²) in [5.41, 5.74) is 3.88. The van der Waals surface area contributed by atoms with Crippen molar-refractivity contribution in [2.75, 3.05) is 31.2 Å². The summed E-state index contributed by atoms with van der Waals surface area (Å²) in [7, 11) is 0. The van der Waals surface area contributed by atoms with Crippen LogP contribution in [0.1, 0.15) is 53.4 Å². The second-order valence-electron chi connectivity index (χ2n) is 8.18. The summed E-state index contributed by atoms with van der Waals surface area (Å²) in [6.45, 7) is 8.74. The lowest BCUT2D eigenvalue weighted by molar-refractivity contribution is 0.0843. The number of aromatic nitrogens is 1. The maximum Gasteiger partial charge on any atom is 0.251 e. The van der Waals surface area contributed by atoms with Gasteiger partial charge in [0.25, 0.3) is 11.5 Å². The van der Waals surface area contributed by atoms with Gasteiger partial charge < -0.3 is 19.9 Å². The van der Waals surface area contributed by atoms with Crippen LogP contribution >= 0.6 is 11.6 Å². The second-order valence-corrected chi connectivity index (χ2v) is 8.62. The molecular formula is C24H32ClN3O3. The zero-order valence-electron chi connectivity index (χ0n) is 18.6. The summed E-state index contributed by atoms with van der Waals surface area (Å²) in [5.74, 6) is -0.187. The molecule has 1 aromatic heterocycles. The Morgan fingerprint density at radius 1 is 1.23 bits per heavy atom. The SMILES string of the molecule is CCCN(c1cc(Cl)cc(C(=O)NCCc2c(C)cc(C)[nH]c2=O)c1)C1CCOCC1. The van der Waals surface area contributed by atoms with Crippen molar-refractivity contribution in [3.05, 3.63) is 62.0 Å². The Morgan fingerprint density at radius 3 is 2.65 bits per heavy atom. The topological polar surface area (TPSA) is 74.4 Å². The molecule has 0 unspecified atom stereocenters. The highest BCUT2D eigenvalue weighted by atomic mass is 35.5. The molecule has 2 N–H and O–H groups in total. The zero-order chi connectivity index (χ0) is 22.4. The van der Waals surface area contributed by atoms with Crippen LogP contribution in [0.3, 0.4) is 0 Å². The van der Waals surface area contributed by atoms with Crippen LogP contribution in [-0.2, 0) is 11.2 Å². The first kappa shape index (κ1) is 23.4. The van der Waals surface area contributed by atoms with Gasteiger partial charge in [0, 0.05) is 59.9 Å². The third kappa shape index (κ3) is 6.11. The first-order valence-corrected chi connectivity index (χ1v) is 11.4. The van der Waals surface area contributed by atoms with Crippen LogP contribution < -0.4 is 15.8 Å². The number of nitrogens with zero attached hydrogens (tertiary/aromatic N) is 1. The summed E-state index contributed by atoms with van der Waals surface area (Å²) in [4.78, 5) is 30.2. The molecule has 0 spiro atoms. The Hall–Kier alpha value is -2.31. The molecular weight excluding hydrogens is 414 g/mol. The predicted molar refractivity (Wildman–Crippen MR) is 126 cm³/mol. The van der Waals surface area contributed by atoms with Gasteiger partial charge in [0.15, 0.2) is 0 Å². The van der Waals surface area contributed by atoms with Crippen molar-refractivity contribution in [3.63, 3.8) is 0 Å². The minimum Gasteiger partial charge on any atom is -0.381 e. The second kappa shape index (κ2) is 10.8. The number of hydrogen-bond acceptors (Lipinski definition) is 4. The van der Waals surface area contributed by atoms with Gasteiger partial charge in [-0.1, -0.05) is 18.5 Å². The molecule has 1 aliphatic rings. The molecule has 1 fully saturated rings. The standard InChI is InChI=1S/C24H32ClN3O3/c1-4-9-28(20-6-10-31-11-7-20)21-14-18(13-19(25)15-21)23(29)26-8-5-22-16(2)12-17(3)27-24(22)30/h12-15,20H,4-11H2,1-3H3,(H,26,29)(H,27,30). The molecule has 2 heterocycles. The van der Waals surface area contributed by atoms with Crippen molar-refractivity contribution < 1.29 is 9.53 Å². The van der Waals surface area contributed by atoms with E-state index in [1.807, 2.05) is 32.0 Å². The Labute approximate surface area is 188 Å². The Kier molecular flexibility index (Phi) is 8.15. The quantitative estimate of drug-likeness (QED) is 0.643. The van der Waals surface area contributed by atoms with Gasteiger partial charge >= 0.3 is 0 Å². The molecule has 6 nitrogen and oxygen atoms in total. The lowest BCUT2D eigenvalue weighted by atomic mass is 10.0. The molecule has 0 radical (unpaired) electrons. The van der Waals surface area contributed by atoms with Gasteiger partial charge in [-0.3, -0.25) is 9.59 Å². The number of H-pyrrole nitrogens is 1. The van der Waals surface area contributed by atoms with E-state index in [0.29, 0.717) is 35.2 Å². The van der Waals surface area contributed by atoms with Crippen molar-refractivity contribution >= 4 is 23.2 Å². The third-order valence-electron chi connectivity index (χ3n) is 5.73. The molecule has 0 bridgehead atoms. The number of anilines is 1. The summed E-state index contributed by atoms with van der Waals surface area (Å²) in [6, 6.07) is 7.87. The number of amides is 1. The molecule has 3 rings (SSSR count). The predicted octanol–water partition coefficient (Wildman–Crippen LogP) is 4.01. The molecule has 168 valence electrons. The lowest BCUT2D eigenvalue weighted by Gasteiger charge is -2.36. The number of halogens is 1. The van der Waals surface area contributed by atoms with Gasteiger partial charge in [-0.2, -0.15) is 0 Å².